The van der Waals surface area contributed by atoms with Crippen molar-refractivity contribution >= 4 is 5.91 Å². The van der Waals surface area contributed by atoms with Gasteiger partial charge >= 0.3 is 0 Å². The Bertz CT molecular complexity index is 273. The number of carbonyl (C=O) groups is 1. The van der Waals surface area contributed by atoms with E-state index in [-0.39, 0.29) is 22.9 Å². The highest BCUT2D eigenvalue weighted by molar-refractivity contribution is 5.84. The van der Waals surface area contributed by atoms with Crippen molar-refractivity contribution in [2.45, 2.75) is 64.0 Å². The lowest BCUT2D eigenvalue weighted by molar-refractivity contribution is -0.133. The molecule has 0 saturated heterocycles. The zero-order valence-electron chi connectivity index (χ0n) is 9.81. The average Bonchev–Trinajstić information content (AvgIpc) is 2.46. The van der Waals surface area contributed by atoms with Gasteiger partial charge in [0.1, 0.15) is 0 Å². The first-order valence-corrected chi connectivity index (χ1v) is 6.05. The number of hydrogen-bond donors (Lipinski definition) is 2. The van der Waals surface area contributed by atoms with Crippen molar-refractivity contribution in [2.24, 2.45) is 11.1 Å². The Morgan fingerprint density at radius 3 is 2.33 bits per heavy atom. The molecule has 86 valence electrons. The average molecular weight is 210 g/mol. The molecular weight excluding hydrogens is 188 g/mol. The molecule has 3 heteroatoms. The van der Waals surface area contributed by atoms with Crippen molar-refractivity contribution in [1.29, 1.82) is 0 Å². The first kappa shape index (κ1) is 10.9. The van der Waals surface area contributed by atoms with E-state index in [9.17, 15) is 4.79 Å². The minimum absolute atomic E-state index is 0.0428. The minimum atomic E-state index is -0.321. The summed E-state index contributed by atoms with van der Waals surface area (Å²) in [5, 5.41) is 3.19. The lowest BCUT2D eigenvalue weighted by Crippen LogP contribution is -2.57. The van der Waals surface area contributed by atoms with E-state index in [1.165, 1.54) is 6.42 Å². The molecule has 0 aromatic rings. The van der Waals surface area contributed by atoms with Crippen molar-refractivity contribution in [2.75, 3.05) is 0 Å². The van der Waals surface area contributed by atoms with Gasteiger partial charge < -0.3 is 11.1 Å². The van der Waals surface area contributed by atoms with Gasteiger partial charge in [-0.3, -0.25) is 4.79 Å². The van der Waals surface area contributed by atoms with Gasteiger partial charge in [-0.05, 0) is 46.0 Å². The van der Waals surface area contributed by atoms with Crippen LogP contribution >= 0.6 is 0 Å². The van der Waals surface area contributed by atoms with Gasteiger partial charge in [0.05, 0.1) is 5.41 Å². The van der Waals surface area contributed by atoms with Crippen LogP contribution in [0.2, 0.25) is 0 Å². The second kappa shape index (κ2) is 3.48. The Balaban J connectivity index is 2.00. The first-order valence-electron chi connectivity index (χ1n) is 6.05. The maximum atomic E-state index is 12.2. The van der Waals surface area contributed by atoms with Gasteiger partial charge in [0.15, 0.2) is 0 Å². The molecule has 3 nitrogen and oxygen atoms in total. The SMILES string of the molecule is CC1(NC(=O)C2(C)CCCC2N)CCC1. The summed E-state index contributed by atoms with van der Waals surface area (Å²) in [6, 6.07) is 0.0428. The van der Waals surface area contributed by atoms with Crippen LogP contribution in [0.25, 0.3) is 0 Å². The smallest absolute Gasteiger partial charge is 0.227 e. The van der Waals surface area contributed by atoms with Crippen LogP contribution < -0.4 is 11.1 Å². The van der Waals surface area contributed by atoms with Crippen LogP contribution in [0.15, 0.2) is 0 Å². The second-order valence-corrected chi connectivity index (χ2v) is 5.78. The van der Waals surface area contributed by atoms with E-state index in [2.05, 4.69) is 12.2 Å². The molecule has 0 heterocycles. The molecule has 2 rings (SSSR count). The Morgan fingerprint density at radius 1 is 1.27 bits per heavy atom. The summed E-state index contributed by atoms with van der Waals surface area (Å²) in [6.07, 6.45) is 6.48. The molecule has 2 fully saturated rings. The molecule has 1 amide bonds. The maximum absolute atomic E-state index is 12.2. The molecule has 0 aliphatic heterocycles. The van der Waals surface area contributed by atoms with Crippen molar-refractivity contribution in [3.8, 4) is 0 Å². The van der Waals surface area contributed by atoms with Gasteiger partial charge in [-0.2, -0.15) is 0 Å². The lowest BCUT2D eigenvalue weighted by Gasteiger charge is -2.42. The summed E-state index contributed by atoms with van der Waals surface area (Å²) in [4.78, 5) is 12.2. The third kappa shape index (κ3) is 1.78. The van der Waals surface area contributed by atoms with E-state index < -0.39 is 0 Å². The fourth-order valence-corrected chi connectivity index (χ4v) is 2.72. The monoisotopic (exact) mass is 210 g/mol. The molecule has 0 bridgehead atoms. The molecule has 0 radical (unpaired) electrons. The van der Waals surface area contributed by atoms with Crippen molar-refractivity contribution in [1.82, 2.24) is 5.32 Å². The van der Waals surface area contributed by atoms with E-state index in [4.69, 9.17) is 5.73 Å². The zero-order chi connectivity index (χ0) is 11.1. The van der Waals surface area contributed by atoms with Crippen LogP contribution in [0.5, 0.6) is 0 Å². The highest BCUT2D eigenvalue weighted by Gasteiger charge is 2.45. The van der Waals surface area contributed by atoms with Gasteiger partial charge in [-0.25, -0.2) is 0 Å². The summed E-state index contributed by atoms with van der Waals surface area (Å²) in [6.45, 7) is 4.15. The van der Waals surface area contributed by atoms with Gasteiger partial charge in [0.25, 0.3) is 0 Å². The topological polar surface area (TPSA) is 55.1 Å². The lowest BCUT2D eigenvalue weighted by atomic mass is 9.76. The predicted molar refractivity (Wildman–Crippen MR) is 60.3 cm³/mol. The van der Waals surface area contributed by atoms with Gasteiger partial charge in [-0.1, -0.05) is 6.42 Å². The molecule has 2 aliphatic carbocycles. The fourth-order valence-electron chi connectivity index (χ4n) is 2.72. The van der Waals surface area contributed by atoms with E-state index in [0.717, 1.165) is 32.1 Å². The number of carbonyl (C=O) groups excluding carboxylic acids is 1. The first-order chi connectivity index (χ1) is 6.96. The minimum Gasteiger partial charge on any atom is -0.350 e. The number of amides is 1. The third-order valence-corrected chi connectivity index (χ3v) is 4.42. The molecule has 2 atom stereocenters. The Morgan fingerprint density at radius 2 is 1.93 bits per heavy atom. The largest absolute Gasteiger partial charge is 0.350 e. The van der Waals surface area contributed by atoms with Gasteiger partial charge in [-0.15, -0.1) is 0 Å². The molecule has 2 saturated carbocycles. The van der Waals surface area contributed by atoms with Crippen LogP contribution in [0, 0.1) is 5.41 Å². The highest BCUT2D eigenvalue weighted by atomic mass is 16.2. The fraction of sp³-hybridized carbons (Fsp3) is 0.917. The molecular formula is C12H22N2O. The highest BCUT2D eigenvalue weighted by Crippen LogP contribution is 2.39. The van der Waals surface area contributed by atoms with Crippen molar-refractivity contribution in [3.05, 3.63) is 0 Å². The predicted octanol–water partition coefficient (Wildman–Crippen LogP) is 1.56. The van der Waals surface area contributed by atoms with Crippen LogP contribution in [0.4, 0.5) is 0 Å². The van der Waals surface area contributed by atoms with Gasteiger partial charge in [0.2, 0.25) is 5.91 Å². The van der Waals surface area contributed by atoms with E-state index >= 15 is 0 Å². The number of nitrogens with one attached hydrogen (secondary N) is 1. The summed E-state index contributed by atoms with van der Waals surface area (Å²) in [5.74, 6) is 0.176. The summed E-state index contributed by atoms with van der Waals surface area (Å²) in [7, 11) is 0. The van der Waals surface area contributed by atoms with E-state index in [1.54, 1.807) is 0 Å². The zero-order valence-corrected chi connectivity index (χ0v) is 9.81. The molecule has 2 aliphatic rings. The third-order valence-electron chi connectivity index (χ3n) is 4.42. The van der Waals surface area contributed by atoms with Crippen LogP contribution in [0.3, 0.4) is 0 Å². The Kier molecular flexibility index (Phi) is 2.53. The van der Waals surface area contributed by atoms with Crippen LogP contribution in [-0.2, 0) is 4.79 Å². The Hall–Kier alpha value is -0.570. The molecule has 0 aromatic carbocycles. The molecule has 3 N–H and O–H groups in total. The summed E-state index contributed by atoms with van der Waals surface area (Å²) < 4.78 is 0. The number of rotatable bonds is 2. The van der Waals surface area contributed by atoms with Crippen molar-refractivity contribution in [3.63, 3.8) is 0 Å². The second-order valence-electron chi connectivity index (χ2n) is 5.78. The number of nitrogens with two attached hydrogens (primary N) is 1. The quantitative estimate of drug-likeness (QED) is 0.726. The van der Waals surface area contributed by atoms with E-state index in [1.807, 2.05) is 6.92 Å². The van der Waals surface area contributed by atoms with Crippen LogP contribution in [-0.4, -0.2) is 17.5 Å². The van der Waals surface area contributed by atoms with Gasteiger partial charge in [0, 0.05) is 11.6 Å². The Labute approximate surface area is 91.8 Å². The summed E-state index contributed by atoms with van der Waals surface area (Å²) >= 11 is 0. The van der Waals surface area contributed by atoms with E-state index in [0.29, 0.717) is 0 Å². The maximum Gasteiger partial charge on any atom is 0.227 e. The normalized spacial score (nSPS) is 38.5. The molecule has 15 heavy (non-hydrogen) atoms. The number of hydrogen-bond acceptors (Lipinski definition) is 2. The molecule has 2 unspecified atom stereocenters. The molecule has 0 aromatic heterocycles. The standard InChI is InChI=1S/C12H22N2O/c1-11(6-4-7-11)14-10(15)12(2)8-3-5-9(12)13/h9H,3-8,13H2,1-2H3,(H,14,15). The van der Waals surface area contributed by atoms with Crippen LogP contribution in [0.1, 0.15) is 52.4 Å². The van der Waals surface area contributed by atoms with Crippen molar-refractivity contribution < 1.29 is 4.79 Å². The molecule has 0 spiro atoms. The summed E-state index contributed by atoms with van der Waals surface area (Å²) in [5.41, 5.74) is 5.77.